The summed E-state index contributed by atoms with van der Waals surface area (Å²) in [4.78, 5) is 12.6. The van der Waals surface area contributed by atoms with Gasteiger partial charge in [-0.25, -0.2) is 0 Å². The van der Waals surface area contributed by atoms with E-state index in [1.165, 1.54) is 12.0 Å². The number of anilines is 1. The zero-order chi connectivity index (χ0) is 14.3. The molecule has 3 rings (SSSR count). The van der Waals surface area contributed by atoms with Gasteiger partial charge in [-0.2, -0.15) is 0 Å². The Labute approximate surface area is 121 Å². The van der Waals surface area contributed by atoms with Gasteiger partial charge in [-0.15, -0.1) is 0 Å². The Bertz CT molecular complexity index is 524. The van der Waals surface area contributed by atoms with Gasteiger partial charge in [0.1, 0.15) is 0 Å². The molecule has 3 unspecified atom stereocenters. The summed E-state index contributed by atoms with van der Waals surface area (Å²) in [6, 6.07) is 7.22. The molecule has 1 aromatic rings. The Balaban J connectivity index is 1.79. The lowest BCUT2D eigenvalue weighted by Gasteiger charge is -2.22. The molecule has 3 nitrogen and oxygen atoms in total. The van der Waals surface area contributed by atoms with Crippen molar-refractivity contribution < 1.29 is 4.79 Å². The Morgan fingerprint density at radius 3 is 2.75 bits per heavy atom. The van der Waals surface area contributed by atoms with Crippen molar-refractivity contribution in [3.63, 3.8) is 0 Å². The summed E-state index contributed by atoms with van der Waals surface area (Å²) in [5.41, 5.74) is 3.41. The number of aryl methyl sites for hydroxylation is 1. The number of amides is 1. The molecule has 1 amide bonds. The maximum atomic E-state index is 12.6. The summed E-state index contributed by atoms with van der Waals surface area (Å²) in [5.74, 6) is 0.762. The van der Waals surface area contributed by atoms with Crippen molar-refractivity contribution in [2.75, 3.05) is 5.32 Å². The van der Waals surface area contributed by atoms with E-state index in [1.54, 1.807) is 0 Å². The Morgan fingerprint density at radius 1 is 1.35 bits per heavy atom. The second-order valence-electron chi connectivity index (χ2n) is 6.57. The van der Waals surface area contributed by atoms with Crippen molar-refractivity contribution in [3.8, 4) is 0 Å². The minimum absolute atomic E-state index is 0.147. The molecular weight excluding hydrogens is 248 g/mol. The summed E-state index contributed by atoms with van der Waals surface area (Å²) < 4.78 is 0. The highest BCUT2D eigenvalue weighted by atomic mass is 16.2. The first-order valence-corrected chi connectivity index (χ1v) is 7.72. The van der Waals surface area contributed by atoms with Crippen LogP contribution in [-0.2, 0) is 4.79 Å². The second kappa shape index (κ2) is 5.21. The Morgan fingerprint density at radius 2 is 2.15 bits per heavy atom. The average Bonchev–Trinajstić information content (AvgIpc) is 3.03. The second-order valence-corrected chi connectivity index (χ2v) is 6.57. The van der Waals surface area contributed by atoms with Gasteiger partial charge in [-0.1, -0.05) is 32.0 Å². The summed E-state index contributed by atoms with van der Waals surface area (Å²) in [6.45, 7) is 6.41. The van der Waals surface area contributed by atoms with Crippen LogP contribution in [0.5, 0.6) is 0 Å². The van der Waals surface area contributed by atoms with Crippen LogP contribution >= 0.6 is 0 Å². The van der Waals surface area contributed by atoms with Gasteiger partial charge >= 0.3 is 0 Å². The maximum Gasteiger partial charge on any atom is 0.229 e. The van der Waals surface area contributed by atoms with Crippen LogP contribution in [0.1, 0.15) is 50.2 Å². The number of carbonyl (C=O) groups is 1. The molecule has 2 N–H and O–H groups in total. The highest BCUT2D eigenvalue weighted by Crippen LogP contribution is 2.35. The summed E-state index contributed by atoms with van der Waals surface area (Å²) in [6.07, 6.45) is 3.38. The van der Waals surface area contributed by atoms with Gasteiger partial charge in [0.15, 0.2) is 0 Å². The van der Waals surface area contributed by atoms with Crippen molar-refractivity contribution in [2.45, 2.75) is 58.0 Å². The summed E-state index contributed by atoms with van der Waals surface area (Å²) >= 11 is 0. The van der Waals surface area contributed by atoms with Crippen LogP contribution in [0.25, 0.3) is 0 Å². The number of hydrogen-bond acceptors (Lipinski definition) is 2. The van der Waals surface area contributed by atoms with Crippen LogP contribution in [0.3, 0.4) is 0 Å². The minimum Gasteiger partial charge on any atom is -0.325 e. The van der Waals surface area contributed by atoms with E-state index in [2.05, 4.69) is 49.6 Å². The van der Waals surface area contributed by atoms with E-state index in [0.717, 1.165) is 24.1 Å². The lowest BCUT2D eigenvalue weighted by molar-refractivity contribution is -0.120. The van der Waals surface area contributed by atoms with Crippen LogP contribution in [0.4, 0.5) is 5.69 Å². The minimum atomic E-state index is 0.147. The van der Waals surface area contributed by atoms with Crippen molar-refractivity contribution in [2.24, 2.45) is 5.92 Å². The molecule has 108 valence electrons. The number of hydrogen-bond donors (Lipinski definition) is 2. The molecular formula is C17H24N2O. The van der Waals surface area contributed by atoms with Crippen LogP contribution < -0.4 is 10.6 Å². The van der Waals surface area contributed by atoms with Gasteiger partial charge in [0.2, 0.25) is 5.91 Å². The Hall–Kier alpha value is -1.35. The fourth-order valence-electron chi connectivity index (χ4n) is 3.67. The van der Waals surface area contributed by atoms with E-state index >= 15 is 0 Å². The molecule has 2 saturated heterocycles. The van der Waals surface area contributed by atoms with E-state index in [9.17, 15) is 4.79 Å². The van der Waals surface area contributed by atoms with Crippen molar-refractivity contribution in [1.82, 2.24) is 5.32 Å². The topological polar surface area (TPSA) is 41.1 Å². The molecule has 2 fully saturated rings. The van der Waals surface area contributed by atoms with Gasteiger partial charge < -0.3 is 10.6 Å². The van der Waals surface area contributed by atoms with Crippen LogP contribution in [0, 0.1) is 12.8 Å². The molecule has 0 aromatic heterocycles. The third-order valence-electron chi connectivity index (χ3n) is 4.81. The predicted octanol–water partition coefficient (Wildman–Crippen LogP) is 3.20. The van der Waals surface area contributed by atoms with Gasteiger partial charge in [0, 0.05) is 17.8 Å². The van der Waals surface area contributed by atoms with Crippen LogP contribution in [0.15, 0.2) is 18.2 Å². The molecule has 2 aliphatic rings. The number of fused-ring (bicyclic) bond motifs is 2. The number of rotatable bonds is 3. The predicted molar refractivity (Wildman–Crippen MR) is 82.0 cm³/mol. The number of benzene rings is 1. The number of nitrogens with one attached hydrogen (secondary N) is 2. The van der Waals surface area contributed by atoms with E-state index in [4.69, 9.17) is 0 Å². The first-order valence-electron chi connectivity index (χ1n) is 7.72. The van der Waals surface area contributed by atoms with Gasteiger partial charge in [0.25, 0.3) is 0 Å². The highest BCUT2D eigenvalue weighted by molar-refractivity contribution is 5.95. The van der Waals surface area contributed by atoms with Crippen LogP contribution in [-0.4, -0.2) is 18.0 Å². The molecule has 1 aromatic carbocycles. The van der Waals surface area contributed by atoms with Gasteiger partial charge in [0.05, 0.1) is 5.92 Å². The lowest BCUT2D eigenvalue weighted by Crippen LogP contribution is -2.33. The standard InChI is InChI=1S/C17H24N2O/c1-10(2)13-6-4-5-11(3)16(13)19-17(20)14-9-12-7-8-15(14)18-12/h4-6,10,12,14-15,18H,7-9H2,1-3H3,(H,19,20). The molecule has 2 aliphatic heterocycles. The molecule has 20 heavy (non-hydrogen) atoms. The third kappa shape index (κ3) is 2.35. The van der Waals surface area contributed by atoms with Crippen LogP contribution in [0.2, 0.25) is 0 Å². The Kier molecular flexibility index (Phi) is 3.55. The zero-order valence-corrected chi connectivity index (χ0v) is 12.6. The van der Waals surface area contributed by atoms with Gasteiger partial charge in [-0.3, -0.25) is 4.79 Å². The number of para-hydroxylation sites is 1. The van der Waals surface area contributed by atoms with E-state index in [0.29, 0.717) is 18.0 Å². The SMILES string of the molecule is Cc1cccc(C(C)C)c1NC(=O)C1CC2CCC1N2. The molecule has 0 aliphatic carbocycles. The monoisotopic (exact) mass is 272 g/mol. The molecule has 2 heterocycles. The smallest absolute Gasteiger partial charge is 0.229 e. The van der Waals surface area contributed by atoms with Crippen molar-refractivity contribution >= 4 is 11.6 Å². The fourth-order valence-corrected chi connectivity index (χ4v) is 3.67. The molecule has 3 heteroatoms. The molecule has 0 spiro atoms. The third-order valence-corrected chi connectivity index (χ3v) is 4.81. The molecule has 2 bridgehead atoms. The molecule has 0 saturated carbocycles. The largest absolute Gasteiger partial charge is 0.325 e. The molecule has 0 radical (unpaired) electrons. The van der Waals surface area contributed by atoms with Crippen molar-refractivity contribution in [1.29, 1.82) is 0 Å². The van der Waals surface area contributed by atoms with E-state index in [1.807, 2.05) is 0 Å². The normalized spacial score (nSPS) is 28.1. The first kappa shape index (κ1) is 13.6. The lowest BCUT2D eigenvalue weighted by atomic mass is 9.88. The fraction of sp³-hybridized carbons (Fsp3) is 0.588. The molecule has 3 atom stereocenters. The zero-order valence-electron chi connectivity index (χ0n) is 12.6. The van der Waals surface area contributed by atoms with E-state index < -0.39 is 0 Å². The average molecular weight is 272 g/mol. The van der Waals surface area contributed by atoms with E-state index in [-0.39, 0.29) is 11.8 Å². The first-order chi connectivity index (χ1) is 9.56. The summed E-state index contributed by atoms with van der Waals surface area (Å²) in [7, 11) is 0. The van der Waals surface area contributed by atoms with Crippen molar-refractivity contribution in [3.05, 3.63) is 29.3 Å². The quantitative estimate of drug-likeness (QED) is 0.887. The highest BCUT2D eigenvalue weighted by Gasteiger charge is 2.42. The maximum absolute atomic E-state index is 12.6. The number of carbonyl (C=O) groups excluding carboxylic acids is 1. The van der Waals surface area contributed by atoms with Gasteiger partial charge in [-0.05, 0) is 43.2 Å². The summed E-state index contributed by atoms with van der Waals surface area (Å²) in [5, 5.41) is 6.74.